The molecule has 1 aliphatic heterocycles. The van der Waals surface area contributed by atoms with Gasteiger partial charge in [0.05, 0.1) is 15.5 Å². The maximum absolute atomic E-state index is 12.8. The van der Waals surface area contributed by atoms with Crippen molar-refractivity contribution in [2.75, 3.05) is 25.0 Å². The number of sulfonamides is 1. The van der Waals surface area contributed by atoms with E-state index in [1.54, 1.807) is 13.0 Å². The maximum Gasteiger partial charge on any atom is 0.271 e. The molecule has 0 unspecified atom stereocenters. The van der Waals surface area contributed by atoms with Gasteiger partial charge >= 0.3 is 0 Å². The van der Waals surface area contributed by atoms with Crippen molar-refractivity contribution in [2.45, 2.75) is 31.6 Å². The number of non-ortho nitro benzene ring substituents is 1. The van der Waals surface area contributed by atoms with E-state index >= 15 is 0 Å². The molecule has 1 heterocycles. The summed E-state index contributed by atoms with van der Waals surface area (Å²) in [6.45, 7) is 4.55. The average Bonchev–Trinajstić information content (AvgIpc) is 2.74. The monoisotopic (exact) mass is 447 g/mol. The summed E-state index contributed by atoms with van der Waals surface area (Å²) in [7, 11) is -3.55. The van der Waals surface area contributed by atoms with E-state index in [9.17, 15) is 23.3 Å². The van der Waals surface area contributed by atoms with Crippen LogP contribution in [0.15, 0.2) is 47.4 Å². The number of hydrogen-bond donors (Lipinski definition) is 1. The molecule has 1 aliphatic rings. The van der Waals surface area contributed by atoms with Gasteiger partial charge in [-0.1, -0.05) is 13.0 Å². The summed E-state index contributed by atoms with van der Waals surface area (Å²) in [5, 5.41) is 13.5. The number of hydrogen-bond acceptors (Lipinski definition) is 6. The van der Waals surface area contributed by atoms with E-state index in [1.165, 1.54) is 40.7 Å². The molecular formula is C21H25N3O6S. The summed E-state index contributed by atoms with van der Waals surface area (Å²) in [4.78, 5) is 22.7. The van der Waals surface area contributed by atoms with Gasteiger partial charge in [0.15, 0.2) is 6.61 Å². The number of nitrogens with zero attached hydrogens (tertiary/aromatic N) is 2. The van der Waals surface area contributed by atoms with Gasteiger partial charge in [-0.05, 0) is 55.5 Å². The second-order valence-corrected chi connectivity index (χ2v) is 9.59. The smallest absolute Gasteiger partial charge is 0.271 e. The van der Waals surface area contributed by atoms with Crippen LogP contribution < -0.4 is 10.1 Å². The van der Waals surface area contributed by atoms with Gasteiger partial charge in [0.1, 0.15) is 5.75 Å². The van der Waals surface area contributed by atoms with Crippen molar-refractivity contribution >= 4 is 27.3 Å². The highest BCUT2D eigenvalue weighted by Gasteiger charge is 2.28. The van der Waals surface area contributed by atoms with Gasteiger partial charge in [0.25, 0.3) is 11.6 Å². The molecule has 3 rings (SSSR count). The molecular weight excluding hydrogens is 422 g/mol. The number of nitro benzene ring substituents is 1. The molecule has 10 heteroatoms. The molecule has 2 aromatic carbocycles. The number of ether oxygens (including phenoxy) is 1. The molecule has 2 aromatic rings. The molecule has 0 radical (unpaired) electrons. The van der Waals surface area contributed by atoms with Crippen LogP contribution in [0.3, 0.4) is 0 Å². The zero-order valence-corrected chi connectivity index (χ0v) is 18.2. The lowest BCUT2D eigenvalue weighted by Crippen LogP contribution is -2.37. The van der Waals surface area contributed by atoms with Gasteiger partial charge in [-0.25, -0.2) is 8.42 Å². The van der Waals surface area contributed by atoms with Gasteiger partial charge < -0.3 is 10.1 Å². The van der Waals surface area contributed by atoms with E-state index in [-0.39, 0.29) is 17.2 Å². The molecule has 1 N–H and O–H groups in total. The summed E-state index contributed by atoms with van der Waals surface area (Å²) in [6, 6.07) is 10.1. The van der Waals surface area contributed by atoms with Crippen LogP contribution in [0, 0.1) is 23.0 Å². The highest BCUT2D eigenvalue weighted by atomic mass is 32.2. The Balaban J connectivity index is 1.59. The second-order valence-electron chi connectivity index (χ2n) is 7.65. The van der Waals surface area contributed by atoms with Crippen LogP contribution in [0.25, 0.3) is 0 Å². The number of nitrogens with one attached hydrogen (secondary N) is 1. The number of carbonyl (C=O) groups excluding carboxylic acids is 1. The van der Waals surface area contributed by atoms with Crippen molar-refractivity contribution in [3.8, 4) is 5.75 Å². The van der Waals surface area contributed by atoms with Crippen LogP contribution in [0.5, 0.6) is 5.75 Å². The normalized spacial score (nSPS) is 15.4. The molecule has 0 aromatic heterocycles. The average molecular weight is 448 g/mol. The number of rotatable bonds is 7. The van der Waals surface area contributed by atoms with E-state index < -0.39 is 20.9 Å². The van der Waals surface area contributed by atoms with Crippen LogP contribution in [0.1, 0.15) is 25.3 Å². The quantitative estimate of drug-likeness (QED) is 0.514. The molecule has 9 nitrogen and oxygen atoms in total. The lowest BCUT2D eigenvalue weighted by atomic mass is 10.0. The Morgan fingerprint density at radius 2 is 1.84 bits per heavy atom. The van der Waals surface area contributed by atoms with Crippen LogP contribution >= 0.6 is 0 Å². The summed E-state index contributed by atoms with van der Waals surface area (Å²) in [6.07, 6.45) is 1.69. The van der Waals surface area contributed by atoms with Crippen molar-refractivity contribution < 1.29 is 22.9 Å². The highest BCUT2D eigenvalue weighted by molar-refractivity contribution is 7.89. The largest absolute Gasteiger partial charge is 0.484 e. The first-order chi connectivity index (χ1) is 14.7. The molecule has 166 valence electrons. The molecule has 0 atom stereocenters. The van der Waals surface area contributed by atoms with E-state index in [2.05, 4.69) is 12.2 Å². The Labute approximate surface area is 181 Å². The van der Waals surface area contributed by atoms with E-state index in [1.807, 2.05) is 0 Å². The molecule has 0 spiro atoms. The molecule has 1 amide bonds. The first-order valence-electron chi connectivity index (χ1n) is 9.94. The summed E-state index contributed by atoms with van der Waals surface area (Å²) < 4.78 is 32.4. The summed E-state index contributed by atoms with van der Waals surface area (Å²) >= 11 is 0. The SMILES string of the molecule is Cc1ccc([N+](=O)[O-])cc1NC(=O)COc1ccc(S(=O)(=O)N2CCC(C)CC2)cc1. The van der Waals surface area contributed by atoms with Crippen molar-refractivity contribution in [1.29, 1.82) is 0 Å². The van der Waals surface area contributed by atoms with Gasteiger partial charge in [0.2, 0.25) is 10.0 Å². The molecule has 0 saturated carbocycles. The summed E-state index contributed by atoms with van der Waals surface area (Å²) in [5.74, 6) is 0.388. The third-order valence-corrected chi connectivity index (χ3v) is 7.19. The Hall–Kier alpha value is -2.98. The minimum absolute atomic E-state index is 0.123. The number of aryl methyl sites for hydroxylation is 1. The Bertz CT molecular complexity index is 1060. The fourth-order valence-corrected chi connectivity index (χ4v) is 4.75. The zero-order chi connectivity index (χ0) is 22.6. The lowest BCUT2D eigenvalue weighted by molar-refractivity contribution is -0.384. The highest BCUT2D eigenvalue weighted by Crippen LogP contribution is 2.25. The van der Waals surface area contributed by atoms with Crippen LogP contribution in [-0.2, 0) is 14.8 Å². The minimum Gasteiger partial charge on any atom is -0.484 e. The first-order valence-corrected chi connectivity index (χ1v) is 11.4. The molecule has 0 bridgehead atoms. The van der Waals surface area contributed by atoms with Gasteiger partial charge in [-0.3, -0.25) is 14.9 Å². The number of benzene rings is 2. The first kappa shape index (κ1) is 22.7. The van der Waals surface area contributed by atoms with Gasteiger partial charge in [-0.15, -0.1) is 0 Å². The standard InChI is InChI=1S/C21H25N3O6S/c1-15-9-11-23(12-10-15)31(28,29)19-7-5-18(6-8-19)30-14-21(25)22-20-13-17(24(26)27)4-3-16(20)2/h3-8,13,15H,9-12,14H2,1-2H3,(H,22,25). The van der Waals surface area contributed by atoms with Gasteiger partial charge in [-0.2, -0.15) is 4.31 Å². The van der Waals surface area contributed by atoms with E-state index in [4.69, 9.17) is 4.74 Å². The topological polar surface area (TPSA) is 119 Å². The summed E-state index contributed by atoms with van der Waals surface area (Å²) in [5.41, 5.74) is 0.891. The van der Waals surface area contributed by atoms with Crippen molar-refractivity contribution in [2.24, 2.45) is 5.92 Å². The minimum atomic E-state index is -3.55. The lowest BCUT2D eigenvalue weighted by Gasteiger charge is -2.29. The fourth-order valence-electron chi connectivity index (χ4n) is 3.28. The predicted octanol–water partition coefficient (Wildman–Crippen LogP) is 3.34. The second kappa shape index (κ2) is 9.44. The van der Waals surface area contributed by atoms with Crippen LogP contribution in [-0.4, -0.2) is 43.2 Å². The van der Waals surface area contributed by atoms with Crippen LogP contribution in [0.2, 0.25) is 0 Å². The molecule has 0 aliphatic carbocycles. The molecule has 1 fully saturated rings. The Kier molecular flexibility index (Phi) is 6.91. The number of anilines is 1. The number of carbonyl (C=O) groups is 1. The van der Waals surface area contributed by atoms with Crippen LogP contribution in [0.4, 0.5) is 11.4 Å². The van der Waals surface area contributed by atoms with E-state index in [0.717, 1.165) is 12.8 Å². The van der Waals surface area contributed by atoms with E-state index in [0.29, 0.717) is 36.0 Å². The predicted molar refractivity (Wildman–Crippen MR) is 116 cm³/mol. The molecule has 31 heavy (non-hydrogen) atoms. The number of piperidine rings is 1. The van der Waals surface area contributed by atoms with Crippen molar-refractivity contribution in [3.05, 3.63) is 58.1 Å². The molecule has 1 saturated heterocycles. The van der Waals surface area contributed by atoms with Crippen molar-refractivity contribution in [3.63, 3.8) is 0 Å². The van der Waals surface area contributed by atoms with Gasteiger partial charge in [0, 0.05) is 25.2 Å². The Morgan fingerprint density at radius 1 is 1.19 bits per heavy atom. The Morgan fingerprint density at radius 3 is 2.45 bits per heavy atom. The van der Waals surface area contributed by atoms with Crippen molar-refractivity contribution in [1.82, 2.24) is 4.31 Å². The number of amides is 1. The zero-order valence-electron chi connectivity index (χ0n) is 17.4. The fraction of sp³-hybridized carbons (Fsp3) is 0.381. The maximum atomic E-state index is 12.8. The third kappa shape index (κ3) is 5.59. The number of nitro groups is 1. The third-order valence-electron chi connectivity index (χ3n) is 5.28.